The van der Waals surface area contributed by atoms with Crippen LogP contribution < -0.4 is 10.6 Å². The highest BCUT2D eigenvalue weighted by atomic mass is 16.5. The van der Waals surface area contributed by atoms with E-state index in [4.69, 9.17) is 14.6 Å². The molecule has 0 spiro atoms. The van der Waals surface area contributed by atoms with Gasteiger partial charge in [0.1, 0.15) is 6.61 Å². The molecule has 2 atom stereocenters. The molecule has 9 heteroatoms. The van der Waals surface area contributed by atoms with Gasteiger partial charge in [0.15, 0.2) is 0 Å². The molecule has 2 unspecified atom stereocenters. The number of esters is 1. The van der Waals surface area contributed by atoms with Crippen LogP contribution in [0.3, 0.4) is 0 Å². The Kier molecular flexibility index (Phi) is 11.5. The SMILES string of the molecule is O=C(CC1CC=CCCCCC(=O)OCC(Cc2c[nH]c3ccccc23)NC1=O)NCCOCCO. The van der Waals surface area contributed by atoms with Gasteiger partial charge in [-0.15, -0.1) is 0 Å². The highest BCUT2D eigenvalue weighted by Crippen LogP contribution is 2.20. The zero-order valence-electron chi connectivity index (χ0n) is 20.7. The fraction of sp³-hybridized carbons (Fsp3) is 0.519. The van der Waals surface area contributed by atoms with Crippen LogP contribution in [0.15, 0.2) is 42.6 Å². The number of aromatic nitrogens is 1. The predicted octanol–water partition coefficient (Wildman–Crippen LogP) is 2.39. The first-order chi connectivity index (χ1) is 17.6. The number of amides is 2. The summed E-state index contributed by atoms with van der Waals surface area (Å²) in [5.74, 6) is -1.31. The molecule has 1 aromatic heterocycles. The lowest BCUT2D eigenvalue weighted by atomic mass is 9.97. The van der Waals surface area contributed by atoms with E-state index in [-0.39, 0.29) is 44.0 Å². The average molecular weight is 500 g/mol. The van der Waals surface area contributed by atoms with Gasteiger partial charge in [0.25, 0.3) is 0 Å². The van der Waals surface area contributed by atoms with Gasteiger partial charge in [-0.2, -0.15) is 0 Å². The lowest BCUT2D eigenvalue weighted by Gasteiger charge is -2.22. The minimum absolute atomic E-state index is 0.0375. The number of hydrogen-bond donors (Lipinski definition) is 4. The van der Waals surface area contributed by atoms with Crippen molar-refractivity contribution in [1.29, 1.82) is 0 Å². The predicted molar refractivity (Wildman–Crippen MR) is 136 cm³/mol. The number of hydrogen-bond acceptors (Lipinski definition) is 6. The number of carbonyl (C=O) groups is 3. The summed E-state index contributed by atoms with van der Waals surface area (Å²) in [7, 11) is 0. The molecule has 1 aromatic carbocycles. The number of para-hydroxylation sites is 1. The summed E-state index contributed by atoms with van der Waals surface area (Å²) in [5.41, 5.74) is 2.02. The minimum atomic E-state index is -0.552. The molecular formula is C27H37N3O6. The smallest absolute Gasteiger partial charge is 0.305 e. The Morgan fingerprint density at radius 3 is 2.89 bits per heavy atom. The van der Waals surface area contributed by atoms with Crippen molar-refractivity contribution in [1.82, 2.24) is 15.6 Å². The van der Waals surface area contributed by atoms with Gasteiger partial charge in [-0.3, -0.25) is 14.4 Å². The number of fused-ring (bicyclic) bond motifs is 1. The summed E-state index contributed by atoms with van der Waals surface area (Å²) >= 11 is 0. The summed E-state index contributed by atoms with van der Waals surface area (Å²) in [4.78, 5) is 41.3. The Hall–Kier alpha value is -3.17. The molecule has 0 fully saturated rings. The fourth-order valence-corrected chi connectivity index (χ4v) is 4.22. The molecule has 196 valence electrons. The molecule has 0 aliphatic carbocycles. The first-order valence-electron chi connectivity index (χ1n) is 12.7. The second kappa shape index (κ2) is 15.1. The van der Waals surface area contributed by atoms with Crippen LogP contribution in [0.5, 0.6) is 0 Å². The van der Waals surface area contributed by atoms with E-state index in [9.17, 15) is 14.4 Å². The van der Waals surface area contributed by atoms with Gasteiger partial charge in [0.2, 0.25) is 11.8 Å². The molecule has 2 heterocycles. The maximum atomic E-state index is 13.3. The quantitative estimate of drug-likeness (QED) is 0.238. The number of allylic oxidation sites excluding steroid dienone is 2. The van der Waals surface area contributed by atoms with Crippen LogP contribution in [0.1, 0.15) is 44.1 Å². The summed E-state index contributed by atoms with van der Waals surface area (Å²) < 4.78 is 10.7. The maximum Gasteiger partial charge on any atom is 0.305 e. The summed E-state index contributed by atoms with van der Waals surface area (Å²) in [5, 5.41) is 15.6. The fourth-order valence-electron chi connectivity index (χ4n) is 4.22. The highest BCUT2D eigenvalue weighted by molar-refractivity contribution is 5.86. The van der Waals surface area contributed by atoms with Crippen LogP contribution in [0.4, 0.5) is 0 Å². The number of aliphatic hydroxyl groups excluding tert-OH is 1. The van der Waals surface area contributed by atoms with E-state index in [0.717, 1.165) is 35.7 Å². The molecule has 3 rings (SSSR count). The Labute approximate surface area is 211 Å². The Balaban J connectivity index is 1.69. The lowest BCUT2D eigenvalue weighted by Crippen LogP contribution is -2.44. The summed E-state index contributed by atoms with van der Waals surface area (Å²) in [6.45, 7) is 0.815. The molecular weight excluding hydrogens is 462 g/mol. The number of carbonyl (C=O) groups excluding carboxylic acids is 3. The van der Waals surface area contributed by atoms with Crippen LogP contribution >= 0.6 is 0 Å². The minimum Gasteiger partial charge on any atom is -0.463 e. The average Bonchev–Trinajstić information content (AvgIpc) is 3.28. The van der Waals surface area contributed by atoms with Crippen molar-refractivity contribution >= 4 is 28.7 Å². The van der Waals surface area contributed by atoms with Gasteiger partial charge in [-0.1, -0.05) is 30.4 Å². The Morgan fingerprint density at radius 2 is 2.03 bits per heavy atom. The summed E-state index contributed by atoms with van der Waals surface area (Å²) in [6.07, 6.45) is 9.59. The zero-order chi connectivity index (χ0) is 25.6. The number of aliphatic hydroxyl groups is 1. The van der Waals surface area contributed by atoms with Crippen molar-refractivity contribution in [3.63, 3.8) is 0 Å². The molecule has 9 nitrogen and oxygen atoms in total. The zero-order valence-corrected chi connectivity index (χ0v) is 20.7. The largest absolute Gasteiger partial charge is 0.463 e. The van der Waals surface area contributed by atoms with Crippen LogP contribution in [0, 0.1) is 5.92 Å². The molecule has 2 aromatic rings. The highest BCUT2D eigenvalue weighted by Gasteiger charge is 2.25. The molecule has 1 aliphatic heterocycles. The standard InChI is InChI=1S/C27H37N3O6/c31-13-15-35-14-12-28-25(32)17-20-8-4-2-1-3-5-11-26(33)36-19-22(30-27(20)34)16-21-18-29-24-10-7-6-9-23(21)24/h2,4,6-7,9-10,18,20,22,29,31H,1,3,5,8,11-17,19H2,(H,28,32)(H,30,34). The summed E-state index contributed by atoms with van der Waals surface area (Å²) in [6, 6.07) is 7.49. The number of ether oxygens (including phenoxy) is 2. The monoisotopic (exact) mass is 499 g/mol. The van der Waals surface area contributed by atoms with Gasteiger partial charge < -0.3 is 30.2 Å². The van der Waals surface area contributed by atoms with E-state index >= 15 is 0 Å². The van der Waals surface area contributed by atoms with Crippen molar-refractivity contribution in [3.05, 3.63) is 48.2 Å². The number of H-pyrrole nitrogens is 1. The third-order valence-electron chi connectivity index (χ3n) is 6.13. The van der Waals surface area contributed by atoms with Crippen molar-refractivity contribution in [2.45, 2.75) is 51.0 Å². The van der Waals surface area contributed by atoms with Gasteiger partial charge in [0.05, 0.1) is 31.8 Å². The first-order valence-corrected chi connectivity index (χ1v) is 12.7. The third kappa shape index (κ3) is 9.13. The molecule has 1 aliphatic rings. The Morgan fingerprint density at radius 1 is 1.17 bits per heavy atom. The van der Waals surface area contributed by atoms with E-state index in [2.05, 4.69) is 15.6 Å². The van der Waals surface area contributed by atoms with E-state index < -0.39 is 12.0 Å². The number of nitrogens with one attached hydrogen (secondary N) is 3. The third-order valence-corrected chi connectivity index (χ3v) is 6.13. The van der Waals surface area contributed by atoms with Crippen LogP contribution in [-0.4, -0.2) is 66.9 Å². The van der Waals surface area contributed by atoms with Crippen LogP contribution in [0.25, 0.3) is 10.9 Å². The molecule has 2 amide bonds. The van der Waals surface area contributed by atoms with E-state index in [1.807, 2.05) is 42.6 Å². The lowest BCUT2D eigenvalue weighted by molar-refractivity contribution is -0.145. The molecule has 4 N–H and O–H groups in total. The number of benzene rings is 1. The van der Waals surface area contributed by atoms with Gasteiger partial charge >= 0.3 is 5.97 Å². The van der Waals surface area contributed by atoms with Crippen molar-refractivity contribution in [2.75, 3.05) is 33.0 Å². The van der Waals surface area contributed by atoms with Crippen LogP contribution in [0.2, 0.25) is 0 Å². The molecule has 0 saturated carbocycles. The van der Waals surface area contributed by atoms with E-state index in [1.54, 1.807) is 0 Å². The number of aromatic amines is 1. The van der Waals surface area contributed by atoms with Crippen LogP contribution in [-0.2, 0) is 30.3 Å². The molecule has 0 saturated heterocycles. The molecule has 36 heavy (non-hydrogen) atoms. The topological polar surface area (TPSA) is 130 Å². The second-order valence-electron chi connectivity index (χ2n) is 8.99. The molecule has 0 bridgehead atoms. The normalized spacial score (nSPS) is 19.9. The van der Waals surface area contributed by atoms with Gasteiger partial charge in [0, 0.05) is 36.5 Å². The van der Waals surface area contributed by atoms with E-state index in [1.165, 1.54) is 0 Å². The van der Waals surface area contributed by atoms with Crippen molar-refractivity contribution < 1.29 is 29.0 Å². The van der Waals surface area contributed by atoms with E-state index in [0.29, 0.717) is 32.4 Å². The van der Waals surface area contributed by atoms with Gasteiger partial charge in [-0.25, -0.2) is 0 Å². The van der Waals surface area contributed by atoms with Gasteiger partial charge in [-0.05, 0) is 43.7 Å². The van der Waals surface area contributed by atoms with Crippen molar-refractivity contribution in [2.24, 2.45) is 5.92 Å². The Bertz CT molecular complexity index is 1020. The van der Waals surface area contributed by atoms with Crippen molar-refractivity contribution in [3.8, 4) is 0 Å². The second-order valence-corrected chi connectivity index (χ2v) is 8.99. The number of rotatable bonds is 9. The molecule has 0 radical (unpaired) electrons. The first kappa shape index (κ1) is 27.4. The maximum absolute atomic E-state index is 13.3. The number of cyclic esters (lactones) is 1.